The van der Waals surface area contributed by atoms with Crippen LogP contribution in [0.2, 0.25) is 0 Å². The Morgan fingerprint density at radius 3 is 2.75 bits per heavy atom. The molecule has 0 saturated heterocycles. The standard InChI is InChI=1S/C16H16ClNOS/c17-9-8-11-4-6-13(7-5-11)18-16(19)15-10-12-2-1-3-14(12)20-15/h4-7,10H,1-3,8-9H2,(H,18,19). The van der Waals surface area contributed by atoms with Gasteiger partial charge in [-0.1, -0.05) is 12.1 Å². The van der Waals surface area contributed by atoms with Crippen molar-refractivity contribution in [3.8, 4) is 0 Å². The molecule has 1 aliphatic rings. The van der Waals surface area contributed by atoms with E-state index < -0.39 is 0 Å². The molecule has 0 aliphatic heterocycles. The zero-order valence-corrected chi connectivity index (χ0v) is 12.7. The molecular formula is C16H16ClNOS. The molecule has 1 aromatic heterocycles. The maximum atomic E-state index is 12.2. The minimum Gasteiger partial charge on any atom is -0.321 e. The highest BCUT2D eigenvalue weighted by molar-refractivity contribution is 7.14. The van der Waals surface area contributed by atoms with Crippen molar-refractivity contribution in [1.82, 2.24) is 0 Å². The van der Waals surface area contributed by atoms with Crippen LogP contribution in [0.25, 0.3) is 0 Å². The first-order chi connectivity index (χ1) is 9.76. The Bertz CT molecular complexity index is 596. The molecular weight excluding hydrogens is 290 g/mol. The molecule has 2 nitrogen and oxygen atoms in total. The maximum Gasteiger partial charge on any atom is 0.265 e. The van der Waals surface area contributed by atoms with Crippen molar-refractivity contribution in [3.05, 3.63) is 51.2 Å². The Labute approximate surface area is 127 Å². The van der Waals surface area contributed by atoms with Gasteiger partial charge in [0.05, 0.1) is 4.88 Å². The molecule has 1 aliphatic carbocycles. The summed E-state index contributed by atoms with van der Waals surface area (Å²) in [5.41, 5.74) is 3.38. The van der Waals surface area contributed by atoms with E-state index in [-0.39, 0.29) is 5.91 Å². The van der Waals surface area contributed by atoms with Crippen molar-refractivity contribution in [1.29, 1.82) is 0 Å². The van der Waals surface area contributed by atoms with Crippen LogP contribution in [0.3, 0.4) is 0 Å². The number of benzene rings is 1. The van der Waals surface area contributed by atoms with Crippen molar-refractivity contribution in [2.24, 2.45) is 0 Å². The molecule has 1 N–H and O–H groups in total. The van der Waals surface area contributed by atoms with Gasteiger partial charge in [-0.25, -0.2) is 0 Å². The van der Waals surface area contributed by atoms with Crippen LogP contribution < -0.4 is 5.32 Å². The van der Waals surface area contributed by atoms with Crippen LogP contribution in [0.1, 0.15) is 32.1 Å². The first-order valence-electron chi connectivity index (χ1n) is 6.84. The lowest BCUT2D eigenvalue weighted by Crippen LogP contribution is -2.10. The number of halogens is 1. The van der Waals surface area contributed by atoms with Crippen LogP contribution in [0.4, 0.5) is 5.69 Å². The summed E-state index contributed by atoms with van der Waals surface area (Å²) in [5, 5.41) is 2.95. The van der Waals surface area contributed by atoms with E-state index in [1.165, 1.54) is 22.4 Å². The Hall–Kier alpha value is -1.32. The lowest BCUT2D eigenvalue weighted by Gasteiger charge is -2.05. The molecule has 1 heterocycles. The summed E-state index contributed by atoms with van der Waals surface area (Å²) in [4.78, 5) is 14.4. The summed E-state index contributed by atoms with van der Waals surface area (Å²) < 4.78 is 0. The third-order valence-corrected chi connectivity index (χ3v) is 4.99. The van der Waals surface area contributed by atoms with Gasteiger partial charge < -0.3 is 5.32 Å². The number of anilines is 1. The minimum atomic E-state index is -0.00510. The van der Waals surface area contributed by atoms with Gasteiger partial charge in [0.1, 0.15) is 0 Å². The highest BCUT2D eigenvalue weighted by atomic mass is 35.5. The van der Waals surface area contributed by atoms with Gasteiger partial charge in [-0.3, -0.25) is 4.79 Å². The predicted molar refractivity (Wildman–Crippen MR) is 85.2 cm³/mol. The zero-order valence-electron chi connectivity index (χ0n) is 11.1. The maximum absolute atomic E-state index is 12.2. The van der Waals surface area contributed by atoms with Crippen LogP contribution in [0.5, 0.6) is 0 Å². The second-order valence-corrected chi connectivity index (χ2v) is 6.52. The molecule has 0 unspecified atom stereocenters. The summed E-state index contributed by atoms with van der Waals surface area (Å²) in [6.07, 6.45) is 4.32. The third kappa shape index (κ3) is 2.89. The zero-order chi connectivity index (χ0) is 13.9. The Morgan fingerprint density at radius 2 is 2.05 bits per heavy atom. The molecule has 0 radical (unpaired) electrons. The van der Waals surface area contributed by atoms with Gasteiger partial charge in [0.15, 0.2) is 0 Å². The molecule has 104 valence electrons. The van der Waals surface area contributed by atoms with Gasteiger partial charge in [0, 0.05) is 16.4 Å². The van der Waals surface area contributed by atoms with Crippen LogP contribution >= 0.6 is 22.9 Å². The Balaban J connectivity index is 1.68. The number of hydrogen-bond acceptors (Lipinski definition) is 2. The topological polar surface area (TPSA) is 29.1 Å². The second-order valence-electron chi connectivity index (χ2n) is 5.00. The SMILES string of the molecule is O=C(Nc1ccc(CCCl)cc1)c1cc2c(s1)CCC2. The molecule has 0 atom stereocenters. The molecule has 0 fully saturated rings. The molecule has 20 heavy (non-hydrogen) atoms. The van der Waals surface area contributed by atoms with Crippen LogP contribution in [-0.4, -0.2) is 11.8 Å². The lowest BCUT2D eigenvalue weighted by molar-refractivity contribution is 0.103. The van der Waals surface area contributed by atoms with Gasteiger partial charge in [-0.15, -0.1) is 22.9 Å². The summed E-state index contributed by atoms with van der Waals surface area (Å²) in [5.74, 6) is 0.612. The smallest absolute Gasteiger partial charge is 0.265 e. The van der Waals surface area contributed by atoms with E-state index in [1.54, 1.807) is 11.3 Å². The highest BCUT2D eigenvalue weighted by Gasteiger charge is 2.18. The summed E-state index contributed by atoms with van der Waals surface area (Å²) in [6.45, 7) is 0. The summed E-state index contributed by atoms with van der Waals surface area (Å²) in [6, 6.07) is 9.92. The van der Waals surface area contributed by atoms with Gasteiger partial charge in [-0.2, -0.15) is 0 Å². The average molecular weight is 306 g/mol. The van der Waals surface area contributed by atoms with Crippen LogP contribution in [0, 0.1) is 0 Å². The highest BCUT2D eigenvalue weighted by Crippen LogP contribution is 2.31. The fourth-order valence-electron chi connectivity index (χ4n) is 2.50. The number of carbonyl (C=O) groups is 1. The molecule has 2 aromatic rings. The number of alkyl halides is 1. The summed E-state index contributed by atoms with van der Waals surface area (Å²) >= 11 is 7.34. The number of aryl methyl sites for hydroxylation is 3. The molecule has 0 saturated carbocycles. The van der Waals surface area contributed by atoms with Gasteiger partial charge in [0.2, 0.25) is 0 Å². The summed E-state index contributed by atoms with van der Waals surface area (Å²) in [7, 11) is 0. The van der Waals surface area contributed by atoms with E-state index >= 15 is 0 Å². The number of rotatable bonds is 4. The number of fused-ring (bicyclic) bond motifs is 1. The van der Waals surface area contributed by atoms with E-state index in [9.17, 15) is 4.79 Å². The Kier molecular flexibility index (Phi) is 4.08. The van der Waals surface area contributed by atoms with E-state index in [4.69, 9.17) is 11.6 Å². The third-order valence-electron chi connectivity index (χ3n) is 3.57. The number of amides is 1. The quantitative estimate of drug-likeness (QED) is 0.840. The van der Waals surface area contributed by atoms with Crippen LogP contribution in [0.15, 0.2) is 30.3 Å². The van der Waals surface area contributed by atoms with Crippen LogP contribution in [-0.2, 0) is 19.3 Å². The first-order valence-corrected chi connectivity index (χ1v) is 8.19. The fraction of sp³-hybridized carbons (Fsp3) is 0.312. The molecule has 1 aromatic carbocycles. The number of hydrogen-bond donors (Lipinski definition) is 1. The Morgan fingerprint density at radius 1 is 1.25 bits per heavy atom. The number of carbonyl (C=O) groups excluding carboxylic acids is 1. The molecule has 0 spiro atoms. The van der Waals surface area contributed by atoms with Crippen molar-refractivity contribution < 1.29 is 4.79 Å². The fourth-order valence-corrected chi connectivity index (χ4v) is 3.86. The molecule has 3 rings (SSSR count). The normalized spacial score (nSPS) is 13.2. The van der Waals surface area contributed by atoms with Crippen molar-refractivity contribution >= 4 is 34.5 Å². The monoisotopic (exact) mass is 305 g/mol. The first kappa shape index (κ1) is 13.7. The van der Waals surface area contributed by atoms with Crippen molar-refractivity contribution in [2.45, 2.75) is 25.7 Å². The lowest BCUT2D eigenvalue weighted by atomic mass is 10.1. The molecule has 1 amide bonds. The van der Waals surface area contributed by atoms with E-state index in [0.29, 0.717) is 5.88 Å². The molecule has 4 heteroatoms. The minimum absolute atomic E-state index is 0.00510. The largest absolute Gasteiger partial charge is 0.321 e. The van der Waals surface area contributed by atoms with E-state index in [0.717, 1.165) is 29.8 Å². The number of thiophene rings is 1. The van der Waals surface area contributed by atoms with E-state index in [1.807, 2.05) is 30.3 Å². The van der Waals surface area contributed by atoms with E-state index in [2.05, 4.69) is 5.32 Å². The number of nitrogens with one attached hydrogen (secondary N) is 1. The van der Waals surface area contributed by atoms with Crippen molar-refractivity contribution in [3.63, 3.8) is 0 Å². The molecule has 0 bridgehead atoms. The predicted octanol–water partition coefficient (Wildman–Crippen LogP) is 4.27. The average Bonchev–Trinajstić information content (AvgIpc) is 3.02. The second kappa shape index (κ2) is 5.98. The van der Waals surface area contributed by atoms with Crippen molar-refractivity contribution in [2.75, 3.05) is 11.2 Å². The van der Waals surface area contributed by atoms with Gasteiger partial charge in [0.25, 0.3) is 5.91 Å². The van der Waals surface area contributed by atoms with Gasteiger partial charge in [-0.05, 0) is 55.0 Å². The van der Waals surface area contributed by atoms with Gasteiger partial charge >= 0.3 is 0 Å².